The molecule has 0 amide bonds. The monoisotopic (exact) mass is 208 g/mol. The van der Waals surface area contributed by atoms with E-state index in [0.717, 1.165) is 0 Å². The minimum atomic E-state index is -1.52. The molecule has 0 bridgehead atoms. The predicted molar refractivity (Wildman–Crippen MR) is 57.3 cm³/mol. The van der Waals surface area contributed by atoms with Gasteiger partial charge in [-0.2, -0.15) is 0 Å². The number of rotatable bonds is 4. The Bertz CT molecular complexity index is 321. The molecule has 1 atom stereocenters. The van der Waals surface area contributed by atoms with Crippen LogP contribution in [0.1, 0.15) is 25.8 Å². The van der Waals surface area contributed by atoms with E-state index in [4.69, 9.17) is 4.74 Å². The number of ether oxygens (including phenoxy) is 1. The number of aliphatic hydroxyl groups is 1. The summed E-state index contributed by atoms with van der Waals surface area (Å²) in [5.74, 6) is -0.585. The third kappa shape index (κ3) is 2.36. The van der Waals surface area contributed by atoms with Crippen LogP contribution in [0.3, 0.4) is 0 Å². The highest BCUT2D eigenvalue weighted by Crippen LogP contribution is 2.26. The first-order chi connectivity index (χ1) is 7.15. The van der Waals surface area contributed by atoms with E-state index in [0.29, 0.717) is 12.0 Å². The minimum absolute atomic E-state index is 0.272. The van der Waals surface area contributed by atoms with Crippen LogP contribution in [-0.4, -0.2) is 17.7 Å². The normalized spacial score (nSPS) is 14.3. The van der Waals surface area contributed by atoms with Crippen molar-refractivity contribution in [3.63, 3.8) is 0 Å². The molecule has 1 N–H and O–H groups in total. The van der Waals surface area contributed by atoms with E-state index >= 15 is 0 Å². The summed E-state index contributed by atoms with van der Waals surface area (Å²) >= 11 is 0. The Hall–Kier alpha value is -1.35. The van der Waals surface area contributed by atoms with Crippen LogP contribution >= 0.6 is 0 Å². The van der Waals surface area contributed by atoms with Gasteiger partial charge in [-0.15, -0.1) is 0 Å². The molecule has 0 fully saturated rings. The van der Waals surface area contributed by atoms with Crippen LogP contribution in [0.4, 0.5) is 0 Å². The summed E-state index contributed by atoms with van der Waals surface area (Å²) in [6.07, 6.45) is 0.301. The topological polar surface area (TPSA) is 46.5 Å². The molecule has 0 aliphatic heterocycles. The lowest BCUT2D eigenvalue weighted by atomic mass is 9.91. The molecule has 0 heterocycles. The van der Waals surface area contributed by atoms with Crippen molar-refractivity contribution in [3.05, 3.63) is 35.9 Å². The van der Waals surface area contributed by atoms with E-state index in [9.17, 15) is 9.90 Å². The SMILES string of the molecule is CCOC(=O)[C@@](O)(CC)c1ccccc1. The van der Waals surface area contributed by atoms with Gasteiger partial charge in [0.1, 0.15) is 0 Å². The number of benzene rings is 1. The standard InChI is InChI=1S/C12H16O3/c1-3-12(14,11(13)15-4-2)10-8-6-5-7-9-10/h5-9,14H,3-4H2,1-2H3/t12-/m1/s1. The van der Waals surface area contributed by atoms with Crippen molar-refractivity contribution in [2.45, 2.75) is 25.9 Å². The summed E-state index contributed by atoms with van der Waals surface area (Å²) in [7, 11) is 0. The number of esters is 1. The molecular formula is C12H16O3. The van der Waals surface area contributed by atoms with E-state index in [1.807, 2.05) is 6.07 Å². The Morgan fingerprint density at radius 2 is 1.93 bits per heavy atom. The molecule has 1 rings (SSSR count). The van der Waals surface area contributed by atoms with Crippen LogP contribution < -0.4 is 0 Å². The average molecular weight is 208 g/mol. The second-order valence-corrected chi connectivity index (χ2v) is 3.30. The minimum Gasteiger partial charge on any atom is -0.464 e. The molecule has 1 aromatic rings. The van der Waals surface area contributed by atoms with E-state index in [2.05, 4.69) is 0 Å². The second-order valence-electron chi connectivity index (χ2n) is 3.30. The zero-order valence-electron chi connectivity index (χ0n) is 9.06. The van der Waals surface area contributed by atoms with Crippen LogP contribution in [0.15, 0.2) is 30.3 Å². The maximum absolute atomic E-state index is 11.6. The van der Waals surface area contributed by atoms with E-state index in [-0.39, 0.29) is 6.61 Å². The number of carbonyl (C=O) groups excluding carboxylic acids is 1. The fraction of sp³-hybridized carbons (Fsp3) is 0.417. The van der Waals surface area contributed by atoms with Crippen molar-refractivity contribution < 1.29 is 14.6 Å². The van der Waals surface area contributed by atoms with Crippen molar-refractivity contribution in [2.75, 3.05) is 6.61 Å². The van der Waals surface area contributed by atoms with Gasteiger partial charge in [-0.3, -0.25) is 0 Å². The Morgan fingerprint density at radius 1 is 1.33 bits per heavy atom. The molecule has 82 valence electrons. The molecule has 0 spiro atoms. The van der Waals surface area contributed by atoms with Gasteiger partial charge in [0.15, 0.2) is 5.60 Å². The number of hydrogen-bond donors (Lipinski definition) is 1. The van der Waals surface area contributed by atoms with Crippen LogP contribution in [-0.2, 0) is 15.1 Å². The van der Waals surface area contributed by atoms with E-state index < -0.39 is 11.6 Å². The van der Waals surface area contributed by atoms with Crippen molar-refractivity contribution in [1.82, 2.24) is 0 Å². The molecule has 0 aromatic heterocycles. The lowest BCUT2D eigenvalue weighted by Crippen LogP contribution is -2.36. The fourth-order valence-electron chi connectivity index (χ4n) is 1.43. The summed E-state index contributed by atoms with van der Waals surface area (Å²) in [4.78, 5) is 11.6. The van der Waals surface area contributed by atoms with Gasteiger partial charge >= 0.3 is 5.97 Å². The second kappa shape index (κ2) is 4.94. The predicted octanol–water partition coefficient (Wildman–Crippen LogP) is 1.85. The van der Waals surface area contributed by atoms with Crippen LogP contribution in [0.25, 0.3) is 0 Å². The van der Waals surface area contributed by atoms with E-state index in [1.165, 1.54) is 0 Å². The molecular weight excluding hydrogens is 192 g/mol. The van der Waals surface area contributed by atoms with Gasteiger partial charge in [0, 0.05) is 0 Å². The molecule has 15 heavy (non-hydrogen) atoms. The van der Waals surface area contributed by atoms with Crippen LogP contribution in [0.5, 0.6) is 0 Å². The molecule has 3 heteroatoms. The number of carbonyl (C=O) groups is 1. The van der Waals surface area contributed by atoms with Crippen molar-refractivity contribution in [1.29, 1.82) is 0 Å². The lowest BCUT2D eigenvalue weighted by Gasteiger charge is -2.24. The smallest absolute Gasteiger partial charge is 0.342 e. The van der Waals surface area contributed by atoms with E-state index in [1.54, 1.807) is 38.1 Å². The first-order valence-corrected chi connectivity index (χ1v) is 5.10. The molecule has 0 unspecified atom stereocenters. The maximum Gasteiger partial charge on any atom is 0.342 e. The highest BCUT2D eigenvalue weighted by atomic mass is 16.5. The van der Waals surface area contributed by atoms with Gasteiger partial charge in [0.2, 0.25) is 0 Å². The largest absolute Gasteiger partial charge is 0.464 e. The molecule has 1 aromatic carbocycles. The Kier molecular flexibility index (Phi) is 3.86. The summed E-state index contributed by atoms with van der Waals surface area (Å²) in [6, 6.07) is 8.86. The van der Waals surface area contributed by atoms with Gasteiger partial charge < -0.3 is 9.84 Å². The van der Waals surface area contributed by atoms with Crippen molar-refractivity contribution >= 4 is 5.97 Å². The Balaban J connectivity index is 3.00. The summed E-state index contributed by atoms with van der Waals surface area (Å²) in [6.45, 7) is 3.75. The number of hydrogen-bond acceptors (Lipinski definition) is 3. The first-order valence-electron chi connectivity index (χ1n) is 5.10. The molecule has 0 aliphatic rings. The lowest BCUT2D eigenvalue weighted by molar-refractivity contribution is -0.166. The third-order valence-corrected chi connectivity index (χ3v) is 2.38. The van der Waals surface area contributed by atoms with Crippen molar-refractivity contribution in [2.24, 2.45) is 0 Å². The molecule has 0 saturated carbocycles. The quantitative estimate of drug-likeness (QED) is 0.768. The van der Waals surface area contributed by atoms with Gasteiger partial charge in [-0.1, -0.05) is 37.3 Å². The highest BCUT2D eigenvalue weighted by molar-refractivity contribution is 5.80. The third-order valence-electron chi connectivity index (χ3n) is 2.38. The summed E-state index contributed by atoms with van der Waals surface area (Å²) in [5, 5.41) is 10.2. The van der Waals surface area contributed by atoms with Gasteiger partial charge in [0.25, 0.3) is 0 Å². The zero-order chi connectivity index (χ0) is 11.3. The van der Waals surface area contributed by atoms with Gasteiger partial charge in [-0.25, -0.2) is 4.79 Å². The molecule has 0 aliphatic carbocycles. The molecule has 0 radical (unpaired) electrons. The van der Waals surface area contributed by atoms with Crippen LogP contribution in [0.2, 0.25) is 0 Å². The van der Waals surface area contributed by atoms with Gasteiger partial charge in [-0.05, 0) is 18.9 Å². The van der Waals surface area contributed by atoms with Gasteiger partial charge in [0.05, 0.1) is 6.61 Å². The van der Waals surface area contributed by atoms with Crippen molar-refractivity contribution in [3.8, 4) is 0 Å². The highest BCUT2D eigenvalue weighted by Gasteiger charge is 2.37. The fourth-order valence-corrected chi connectivity index (χ4v) is 1.43. The zero-order valence-corrected chi connectivity index (χ0v) is 9.06. The first kappa shape index (κ1) is 11.7. The Labute approximate surface area is 89.7 Å². The summed E-state index contributed by atoms with van der Waals surface area (Å²) in [5.41, 5.74) is -0.942. The maximum atomic E-state index is 11.6. The molecule has 0 saturated heterocycles. The van der Waals surface area contributed by atoms with Crippen LogP contribution in [0, 0.1) is 0 Å². The molecule has 3 nitrogen and oxygen atoms in total. The summed E-state index contributed by atoms with van der Waals surface area (Å²) < 4.78 is 4.86. The Morgan fingerprint density at radius 3 is 2.40 bits per heavy atom. The average Bonchev–Trinajstić information content (AvgIpc) is 2.29.